The molecular formula is C22H16Cl2N4O2. The number of carbonyl (C=O) groups is 1. The fourth-order valence-electron chi connectivity index (χ4n) is 2.77. The van der Waals surface area contributed by atoms with E-state index in [9.17, 15) is 4.79 Å². The van der Waals surface area contributed by atoms with Crippen molar-refractivity contribution < 1.29 is 9.53 Å². The summed E-state index contributed by atoms with van der Waals surface area (Å²) in [5.74, 6) is 1.01. The van der Waals surface area contributed by atoms with Gasteiger partial charge in [0.2, 0.25) is 5.88 Å². The van der Waals surface area contributed by atoms with E-state index in [-0.39, 0.29) is 11.6 Å². The first-order valence-corrected chi connectivity index (χ1v) is 9.78. The molecule has 0 aliphatic heterocycles. The molecule has 0 saturated carbocycles. The Hall–Kier alpha value is -3.35. The van der Waals surface area contributed by atoms with Gasteiger partial charge in [0.1, 0.15) is 17.3 Å². The molecule has 0 atom stereocenters. The molecule has 2 aromatic carbocycles. The molecule has 0 bridgehead atoms. The predicted molar refractivity (Wildman–Crippen MR) is 117 cm³/mol. The lowest BCUT2D eigenvalue weighted by molar-refractivity contribution is 0.102. The van der Waals surface area contributed by atoms with Crippen LogP contribution in [0.25, 0.3) is 5.69 Å². The average molecular weight is 439 g/mol. The fraction of sp³-hybridized carbons (Fsp3) is 0.0455. The second kappa shape index (κ2) is 8.57. The van der Waals surface area contributed by atoms with Gasteiger partial charge in [0.25, 0.3) is 5.91 Å². The second-order valence-electron chi connectivity index (χ2n) is 6.43. The van der Waals surface area contributed by atoms with Crippen LogP contribution >= 0.6 is 23.2 Å². The Morgan fingerprint density at radius 1 is 0.967 bits per heavy atom. The highest BCUT2D eigenvalue weighted by Gasteiger charge is 2.14. The first kappa shape index (κ1) is 19.9. The number of benzene rings is 2. The van der Waals surface area contributed by atoms with Gasteiger partial charge in [0.05, 0.1) is 11.4 Å². The smallest absolute Gasteiger partial charge is 0.275 e. The fourth-order valence-corrected chi connectivity index (χ4v) is 3.02. The van der Waals surface area contributed by atoms with Crippen LogP contribution in [-0.4, -0.2) is 20.7 Å². The molecule has 0 fully saturated rings. The number of nitrogens with one attached hydrogen (secondary N) is 1. The Morgan fingerprint density at radius 2 is 1.63 bits per heavy atom. The molecule has 1 N–H and O–H groups in total. The highest BCUT2D eigenvalue weighted by atomic mass is 35.5. The minimum atomic E-state index is -0.383. The van der Waals surface area contributed by atoms with E-state index in [1.165, 1.54) is 0 Å². The van der Waals surface area contributed by atoms with Gasteiger partial charge in [0.15, 0.2) is 0 Å². The normalized spacial score (nSPS) is 10.6. The number of hydrogen-bond acceptors (Lipinski definition) is 4. The minimum absolute atomic E-state index is 0.211. The number of amides is 1. The van der Waals surface area contributed by atoms with Crippen LogP contribution in [0.1, 0.15) is 16.2 Å². The van der Waals surface area contributed by atoms with Crippen LogP contribution in [0, 0.1) is 6.92 Å². The Kier molecular flexibility index (Phi) is 5.70. The van der Waals surface area contributed by atoms with Crippen molar-refractivity contribution in [1.82, 2.24) is 14.8 Å². The zero-order chi connectivity index (χ0) is 21.1. The van der Waals surface area contributed by atoms with Crippen LogP contribution in [0.3, 0.4) is 0 Å². The number of anilines is 1. The van der Waals surface area contributed by atoms with E-state index in [1.807, 2.05) is 19.1 Å². The third-order valence-electron chi connectivity index (χ3n) is 4.14. The molecular weight excluding hydrogens is 423 g/mol. The molecule has 30 heavy (non-hydrogen) atoms. The van der Waals surface area contributed by atoms with E-state index in [2.05, 4.69) is 15.4 Å². The van der Waals surface area contributed by atoms with Gasteiger partial charge >= 0.3 is 0 Å². The summed E-state index contributed by atoms with van der Waals surface area (Å²) in [5, 5.41) is 8.52. The van der Waals surface area contributed by atoms with E-state index in [0.717, 1.165) is 11.4 Å². The van der Waals surface area contributed by atoms with E-state index < -0.39 is 0 Å². The number of hydrogen-bond donors (Lipinski definition) is 1. The molecule has 0 aliphatic carbocycles. The van der Waals surface area contributed by atoms with Crippen LogP contribution in [0.4, 0.5) is 5.82 Å². The Bertz CT molecular complexity index is 1190. The Morgan fingerprint density at radius 3 is 2.33 bits per heavy atom. The molecule has 4 rings (SSSR count). The molecule has 0 unspecified atom stereocenters. The minimum Gasteiger partial charge on any atom is -0.439 e. The lowest BCUT2D eigenvalue weighted by Crippen LogP contribution is -2.16. The van der Waals surface area contributed by atoms with Crippen molar-refractivity contribution in [3.8, 4) is 17.3 Å². The van der Waals surface area contributed by atoms with Gasteiger partial charge in [-0.15, -0.1) is 0 Å². The maximum absolute atomic E-state index is 12.8. The molecule has 150 valence electrons. The first-order valence-electron chi connectivity index (χ1n) is 9.02. The molecule has 0 saturated heterocycles. The van der Waals surface area contributed by atoms with E-state index in [1.54, 1.807) is 65.3 Å². The van der Waals surface area contributed by atoms with Crippen molar-refractivity contribution in [2.24, 2.45) is 0 Å². The highest BCUT2D eigenvalue weighted by Crippen LogP contribution is 2.23. The summed E-state index contributed by atoms with van der Waals surface area (Å²) in [6.07, 6.45) is 0. The van der Waals surface area contributed by atoms with Crippen molar-refractivity contribution in [1.29, 1.82) is 0 Å². The van der Waals surface area contributed by atoms with Crippen LogP contribution in [-0.2, 0) is 0 Å². The number of rotatable bonds is 5. The van der Waals surface area contributed by atoms with Crippen molar-refractivity contribution >= 4 is 34.9 Å². The summed E-state index contributed by atoms with van der Waals surface area (Å²) in [7, 11) is 0. The molecule has 6 nitrogen and oxygen atoms in total. The van der Waals surface area contributed by atoms with Crippen molar-refractivity contribution in [2.75, 3.05) is 5.32 Å². The second-order valence-corrected chi connectivity index (χ2v) is 7.30. The number of ether oxygens (including phenoxy) is 1. The maximum Gasteiger partial charge on any atom is 0.275 e. The quantitative estimate of drug-likeness (QED) is 0.419. The molecule has 4 aromatic rings. The van der Waals surface area contributed by atoms with Gasteiger partial charge in [0, 0.05) is 22.2 Å². The lowest BCUT2D eigenvalue weighted by Gasteiger charge is -2.10. The van der Waals surface area contributed by atoms with Crippen LogP contribution in [0.5, 0.6) is 11.6 Å². The molecule has 2 heterocycles. The average Bonchev–Trinajstić information content (AvgIpc) is 3.10. The summed E-state index contributed by atoms with van der Waals surface area (Å²) < 4.78 is 7.34. The lowest BCUT2D eigenvalue weighted by atomic mass is 10.3. The van der Waals surface area contributed by atoms with Crippen LogP contribution in [0.2, 0.25) is 10.0 Å². The summed E-state index contributed by atoms with van der Waals surface area (Å²) in [6, 6.07) is 20.8. The predicted octanol–water partition coefficient (Wildman–Crippen LogP) is 5.93. The third kappa shape index (κ3) is 4.62. The van der Waals surface area contributed by atoms with Crippen molar-refractivity contribution in [3.05, 3.63) is 94.2 Å². The number of aryl methyl sites for hydroxylation is 1. The summed E-state index contributed by atoms with van der Waals surface area (Å²) in [6.45, 7) is 1.85. The zero-order valence-corrected chi connectivity index (χ0v) is 17.4. The molecule has 0 aliphatic rings. The molecule has 0 radical (unpaired) electrons. The first-order chi connectivity index (χ1) is 14.5. The maximum atomic E-state index is 12.8. The third-order valence-corrected chi connectivity index (χ3v) is 4.64. The number of carbonyl (C=O) groups excluding carboxylic acids is 1. The van der Waals surface area contributed by atoms with Gasteiger partial charge in [-0.05, 0) is 61.5 Å². The van der Waals surface area contributed by atoms with Gasteiger partial charge in [-0.3, -0.25) is 4.79 Å². The summed E-state index contributed by atoms with van der Waals surface area (Å²) >= 11 is 11.9. The Labute approximate surface area is 183 Å². The topological polar surface area (TPSA) is 69.0 Å². The SMILES string of the molecule is Cc1cc(NC(=O)c2cccc(Oc3ccc(Cl)cc3)n2)n(-c2ccc(Cl)cc2)n1. The standard InChI is InChI=1S/C22H16Cl2N4O2/c1-14-13-20(28(27-14)17-9-5-15(23)6-10-17)26-22(29)19-3-2-4-21(25-19)30-18-11-7-16(24)8-12-18/h2-13H,1H3,(H,26,29). The highest BCUT2D eigenvalue weighted by molar-refractivity contribution is 6.30. The van der Waals surface area contributed by atoms with Gasteiger partial charge in [-0.2, -0.15) is 5.10 Å². The number of nitrogens with zero attached hydrogens (tertiary/aromatic N) is 3. The van der Waals surface area contributed by atoms with Crippen LogP contribution < -0.4 is 10.1 Å². The van der Waals surface area contributed by atoms with Crippen LogP contribution in [0.15, 0.2) is 72.8 Å². The van der Waals surface area contributed by atoms with Gasteiger partial charge < -0.3 is 10.1 Å². The summed E-state index contributed by atoms with van der Waals surface area (Å²) in [5.41, 5.74) is 1.74. The van der Waals surface area contributed by atoms with Gasteiger partial charge in [-0.25, -0.2) is 9.67 Å². The monoisotopic (exact) mass is 438 g/mol. The number of halogens is 2. The molecule has 0 spiro atoms. The van der Waals surface area contributed by atoms with Crippen molar-refractivity contribution in [3.63, 3.8) is 0 Å². The number of pyridine rings is 1. The molecule has 1 amide bonds. The summed E-state index contributed by atoms with van der Waals surface area (Å²) in [4.78, 5) is 17.1. The zero-order valence-electron chi connectivity index (χ0n) is 15.8. The van der Waals surface area contributed by atoms with E-state index in [0.29, 0.717) is 27.5 Å². The number of aromatic nitrogens is 3. The largest absolute Gasteiger partial charge is 0.439 e. The Balaban J connectivity index is 1.55. The molecule has 2 aromatic heterocycles. The molecule has 8 heteroatoms. The van der Waals surface area contributed by atoms with Gasteiger partial charge in [-0.1, -0.05) is 29.3 Å². The van der Waals surface area contributed by atoms with E-state index >= 15 is 0 Å². The van der Waals surface area contributed by atoms with E-state index in [4.69, 9.17) is 27.9 Å². The van der Waals surface area contributed by atoms with Crippen molar-refractivity contribution in [2.45, 2.75) is 6.92 Å².